The molecule has 1 aromatic rings. The van der Waals surface area contributed by atoms with Crippen molar-refractivity contribution in [2.75, 3.05) is 23.0 Å². The van der Waals surface area contributed by atoms with Gasteiger partial charge in [0.25, 0.3) is 5.91 Å². The standard InChI is InChI=1S/C9H11N3O2/c1-12-5-4-6(10)14-7(5)11-8(13)9(12)2-3-9/h4H,2-3,10H2,1H3,(H,11,13). The maximum atomic E-state index is 11.7. The smallest absolute Gasteiger partial charge is 0.252 e. The highest BCUT2D eigenvalue weighted by atomic mass is 16.4. The molecule has 0 bridgehead atoms. The molecule has 5 nitrogen and oxygen atoms in total. The monoisotopic (exact) mass is 193 g/mol. The van der Waals surface area contributed by atoms with Crippen LogP contribution < -0.4 is 16.0 Å². The van der Waals surface area contributed by atoms with Crippen LogP contribution in [-0.4, -0.2) is 18.5 Å². The third-order valence-electron chi connectivity index (χ3n) is 3.11. The van der Waals surface area contributed by atoms with Crippen molar-refractivity contribution in [1.29, 1.82) is 0 Å². The SMILES string of the molecule is CN1c2cc(N)oc2NC(=O)C12CC2. The lowest BCUT2D eigenvalue weighted by Crippen LogP contribution is -2.47. The Labute approximate surface area is 80.8 Å². The van der Waals surface area contributed by atoms with Gasteiger partial charge in [0.15, 0.2) is 5.88 Å². The van der Waals surface area contributed by atoms with Crippen molar-refractivity contribution < 1.29 is 9.21 Å². The number of carbonyl (C=O) groups excluding carboxylic acids is 1. The first-order valence-electron chi connectivity index (χ1n) is 4.58. The number of fused-ring (bicyclic) bond motifs is 1. The number of nitrogens with zero attached hydrogens (tertiary/aromatic N) is 1. The molecule has 1 aliphatic carbocycles. The first kappa shape index (κ1) is 7.73. The Bertz CT molecular complexity index is 420. The maximum absolute atomic E-state index is 11.7. The zero-order valence-electron chi connectivity index (χ0n) is 7.83. The second-order valence-electron chi connectivity index (χ2n) is 3.91. The minimum absolute atomic E-state index is 0.0156. The highest BCUT2D eigenvalue weighted by molar-refractivity contribution is 6.07. The van der Waals surface area contributed by atoms with Gasteiger partial charge in [0.1, 0.15) is 11.2 Å². The lowest BCUT2D eigenvalue weighted by molar-refractivity contribution is -0.118. The number of anilines is 3. The van der Waals surface area contributed by atoms with Gasteiger partial charge in [-0.1, -0.05) is 0 Å². The largest absolute Gasteiger partial charge is 0.423 e. The summed E-state index contributed by atoms with van der Waals surface area (Å²) >= 11 is 0. The first-order chi connectivity index (χ1) is 6.63. The third kappa shape index (κ3) is 0.724. The quantitative estimate of drug-likeness (QED) is 0.638. The molecular formula is C9H11N3O2. The van der Waals surface area contributed by atoms with Gasteiger partial charge >= 0.3 is 0 Å². The van der Waals surface area contributed by atoms with E-state index in [1.807, 2.05) is 11.9 Å². The van der Waals surface area contributed by atoms with Gasteiger partial charge < -0.3 is 15.1 Å². The molecule has 1 spiro atoms. The summed E-state index contributed by atoms with van der Waals surface area (Å²) in [5.41, 5.74) is 6.07. The van der Waals surface area contributed by atoms with E-state index in [2.05, 4.69) is 5.32 Å². The second kappa shape index (κ2) is 2.05. The predicted octanol–water partition coefficient (Wildman–Crippen LogP) is 0.783. The number of furan rings is 1. The molecule has 0 atom stereocenters. The number of hydrogen-bond donors (Lipinski definition) is 2. The van der Waals surface area contributed by atoms with Crippen molar-refractivity contribution in [2.45, 2.75) is 18.4 Å². The van der Waals surface area contributed by atoms with Crippen LogP contribution >= 0.6 is 0 Å². The van der Waals surface area contributed by atoms with E-state index < -0.39 is 0 Å². The van der Waals surface area contributed by atoms with E-state index in [4.69, 9.17) is 10.2 Å². The summed E-state index contributed by atoms with van der Waals surface area (Å²) in [4.78, 5) is 13.7. The van der Waals surface area contributed by atoms with Crippen molar-refractivity contribution in [2.24, 2.45) is 0 Å². The topological polar surface area (TPSA) is 71.5 Å². The van der Waals surface area contributed by atoms with Gasteiger partial charge in [-0.15, -0.1) is 0 Å². The van der Waals surface area contributed by atoms with Crippen LogP contribution in [0.1, 0.15) is 12.8 Å². The molecule has 1 fully saturated rings. The number of likely N-dealkylation sites (N-methyl/N-ethyl adjacent to an activating group) is 1. The summed E-state index contributed by atoms with van der Waals surface area (Å²) in [6.07, 6.45) is 1.81. The molecule has 3 N–H and O–H groups in total. The van der Waals surface area contributed by atoms with Gasteiger partial charge in [-0.25, -0.2) is 0 Å². The van der Waals surface area contributed by atoms with Crippen LogP contribution in [0.15, 0.2) is 10.5 Å². The number of hydrogen-bond acceptors (Lipinski definition) is 4. The Hall–Kier alpha value is -1.65. The van der Waals surface area contributed by atoms with E-state index in [0.29, 0.717) is 11.8 Å². The average molecular weight is 193 g/mol. The van der Waals surface area contributed by atoms with Gasteiger partial charge in [0.05, 0.1) is 0 Å². The van der Waals surface area contributed by atoms with Crippen molar-refractivity contribution in [1.82, 2.24) is 0 Å². The second-order valence-corrected chi connectivity index (χ2v) is 3.91. The van der Waals surface area contributed by atoms with E-state index in [9.17, 15) is 4.79 Å². The molecule has 0 radical (unpaired) electrons. The van der Waals surface area contributed by atoms with Crippen LogP contribution in [0.4, 0.5) is 17.5 Å². The van der Waals surface area contributed by atoms with Gasteiger partial charge in [0.2, 0.25) is 5.88 Å². The van der Waals surface area contributed by atoms with Crippen molar-refractivity contribution in [3.8, 4) is 0 Å². The molecular weight excluding hydrogens is 182 g/mol. The summed E-state index contributed by atoms with van der Waals surface area (Å²) in [6, 6.07) is 1.74. The molecule has 1 aromatic heterocycles. The number of nitrogen functional groups attached to an aromatic ring is 1. The minimum Gasteiger partial charge on any atom is -0.423 e. The molecule has 5 heteroatoms. The van der Waals surface area contributed by atoms with Crippen LogP contribution in [0.25, 0.3) is 0 Å². The lowest BCUT2D eigenvalue weighted by Gasteiger charge is -2.32. The molecule has 14 heavy (non-hydrogen) atoms. The summed E-state index contributed by atoms with van der Waals surface area (Å²) < 4.78 is 5.17. The van der Waals surface area contributed by atoms with Crippen molar-refractivity contribution >= 4 is 23.4 Å². The molecule has 0 aromatic carbocycles. The van der Waals surface area contributed by atoms with E-state index in [0.717, 1.165) is 18.5 Å². The molecule has 2 aliphatic rings. The third-order valence-corrected chi connectivity index (χ3v) is 3.11. The van der Waals surface area contributed by atoms with Gasteiger partial charge in [0, 0.05) is 13.1 Å². The highest BCUT2D eigenvalue weighted by Crippen LogP contribution is 2.50. The molecule has 1 saturated carbocycles. The Kier molecular flexibility index (Phi) is 1.13. The zero-order valence-corrected chi connectivity index (χ0v) is 7.83. The molecule has 2 heterocycles. The summed E-state index contributed by atoms with van der Waals surface area (Å²) in [6.45, 7) is 0. The lowest BCUT2D eigenvalue weighted by atomic mass is 10.1. The number of nitrogens with one attached hydrogen (secondary N) is 1. The maximum Gasteiger partial charge on any atom is 0.252 e. The normalized spacial score (nSPS) is 22.1. The number of amides is 1. The Morgan fingerprint density at radius 2 is 2.36 bits per heavy atom. The first-order valence-corrected chi connectivity index (χ1v) is 4.58. The fourth-order valence-corrected chi connectivity index (χ4v) is 2.02. The average Bonchev–Trinajstić information content (AvgIpc) is 2.84. The summed E-state index contributed by atoms with van der Waals surface area (Å²) in [5.74, 6) is 0.814. The minimum atomic E-state index is -0.330. The molecule has 0 saturated heterocycles. The molecule has 1 aliphatic heterocycles. The van der Waals surface area contributed by atoms with Gasteiger partial charge in [-0.3, -0.25) is 10.1 Å². The van der Waals surface area contributed by atoms with E-state index in [-0.39, 0.29) is 11.4 Å². The summed E-state index contributed by atoms with van der Waals surface area (Å²) in [7, 11) is 1.90. The highest BCUT2D eigenvalue weighted by Gasteiger charge is 2.56. The van der Waals surface area contributed by atoms with Crippen LogP contribution in [0.3, 0.4) is 0 Å². The Balaban J connectivity index is 2.13. The number of carbonyl (C=O) groups is 1. The van der Waals surface area contributed by atoms with E-state index in [1.165, 1.54) is 0 Å². The summed E-state index contributed by atoms with van der Waals surface area (Å²) in [5, 5.41) is 2.74. The fraction of sp³-hybridized carbons (Fsp3) is 0.444. The van der Waals surface area contributed by atoms with Gasteiger partial charge in [-0.2, -0.15) is 0 Å². The van der Waals surface area contributed by atoms with Crippen LogP contribution in [0, 0.1) is 0 Å². The number of nitrogens with two attached hydrogens (primary N) is 1. The predicted molar refractivity (Wildman–Crippen MR) is 52.1 cm³/mol. The van der Waals surface area contributed by atoms with Crippen molar-refractivity contribution in [3.05, 3.63) is 6.07 Å². The molecule has 1 amide bonds. The van der Waals surface area contributed by atoms with Crippen LogP contribution in [0.2, 0.25) is 0 Å². The molecule has 0 unspecified atom stereocenters. The fourth-order valence-electron chi connectivity index (χ4n) is 2.02. The molecule has 3 rings (SSSR count). The Morgan fingerprint density at radius 1 is 1.64 bits per heavy atom. The molecule has 74 valence electrons. The van der Waals surface area contributed by atoms with E-state index >= 15 is 0 Å². The van der Waals surface area contributed by atoms with Crippen LogP contribution in [-0.2, 0) is 4.79 Å². The van der Waals surface area contributed by atoms with E-state index in [1.54, 1.807) is 6.07 Å². The zero-order chi connectivity index (χ0) is 9.92. The Morgan fingerprint density at radius 3 is 3.00 bits per heavy atom. The van der Waals surface area contributed by atoms with Crippen molar-refractivity contribution in [3.63, 3.8) is 0 Å². The number of rotatable bonds is 0. The van der Waals surface area contributed by atoms with Crippen LogP contribution in [0.5, 0.6) is 0 Å². The van der Waals surface area contributed by atoms with Gasteiger partial charge in [-0.05, 0) is 12.8 Å².